The van der Waals surface area contributed by atoms with Crippen LogP contribution in [-0.4, -0.2) is 75.6 Å². The number of ether oxygens (including phenoxy) is 1. The summed E-state index contributed by atoms with van der Waals surface area (Å²) in [5, 5.41) is 21.1. The molecule has 1 aliphatic heterocycles. The average Bonchev–Trinajstić information content (AvgIpc) is 3.67. The van der Waals surface area contributed by atoms with Gasteiger partial charge in [0.25, 0.3) is 11.8 Å². The van der Waals surface area contributed by atoms with Gasteiger partial charge in [0, 0.05) is 16.7 Å². The molecule has 2 unspecified atom stereocenters. The number of hydrogen-bond donors (Lipinski definition) is 4. The number of aliphatic hydroxyl groups excluding tert-OH is 1. The van der Waals surface area contributed by atoms with E-state index in [1.54, 1.807) is 18.2 Å². The number of furan rings is 1. The number of rotatable bonds is 12. The Balaban J connectivity index is 1.32. The first kappa shape index (κ1) is 35.5. The van der Waals surface area contributed by atoms with Crippen molar-refractivity contribution in [2.45, 2.75) is 69.6 Å². The number of carbonyl (C=O) groups is 4. The van der Waals surface area contributed by atoms with Crippen LogP contribution in [0.4, 0.5) is 0 Å². The van der Waals surface area contributed by atoms with E-state index in [2.05, 4.69) is 16.0 Å². The van der Waals surface area contributed by atoms with Gasteiger partial charge in [-0.05, 0) is 56.9 Å². The Kier molecular flexibility index (Phi) is 11.0. The predicted molar refractivity (Wildman–Crippen MR) is 188 cm³/mol. The largest absolute Gasteiger partial charge is 0.496 e. The maximum Gasteiger partial charge on any atom is 0.288 e. The fraction of sp³-hybridized carbons (Fsp3) is 0.351. The Hall–Kier alpha value is -4.81. The van der Waals surface area contributed by atoms with Gasteiger partial charge in [0.05, 0.1) is 30.7 Å². The van der Waals surface area contributed by atoms with Gasteiger partial charge in [0.1, 0.15) is 17.8 Å². The van der Waals surface area contributed by atoms with Gasteiger partial charge in [0.15, 0.2) is 6.10 Å². The molecule has 4 N–H and O–H groups in total. The van der Waals surface area contributed by atoms with E-state index >= 15 is 0 Å². The third kappa shape index (κ3) is 7.92. The zero-order chi connectivity index (χ0) is 35.3. The van der Waals surface area contributed by atoms with Gasteiger partial charge >= 0.3 is 0 Å². The van der Waals surface area contributed by atoms with Crippen LogP contribution >= 0.6 is 11.8 Å². The second kappa shape index (κ2) is 15.2. The summed E-state index contributed by atoms with van der Waals surface area (Å²) in [7, 11) is 1.49. The monoisotopic (exact) mass is 686 g/mol. The first-order valence-corrected chi connectivity index (χ1v) is 17.0. The molecule has 258 valence electrons. The first-order chi connectivity index (χ1) is 23.4. The smallest absolute Gasteiger partial charge is 0.288 e. The fourth-order valence-corrected chi connectivity index (χ4v) is 7.14. The molecule has 12 heteroatoms. The highest BCUT2D eigenvalue weighted by molar-refractivity contribution is 8.00. The lowest BCUT2D eigenvalue weighted by Gasteiger charge is -2.33. The zero-order valence-electron chi connectivity index (χ0n) is 28.2. The molecular weight excluding hydrogens is 644 g/mol. The number of benzene rings is 3. The number of nitrogens with zero attached hydrogens (tertiary/aromatic N) is 1. The predicted octanol–water partition coefficient (Wildman–Crippen LogP) is 3.95. The SMILES string of the molecule is COc1cccc2coc(C(=O)NC(C)C(=O)N[C@@H](Cc3ccccc3)[C@H](O)C(=O)N3CSC(C)(C)C3C(=O)NCc3ccccc3C)c12. The van der Waals surface area contributed by atoms with Crippen LogP contribution in [0.25, 0.3) is 10.8 Å². The maximum absolute atomic E-state index is 14.0. The van der Waals surface area contributed by atoms with E-state index in [1.165, 1.54) is 37.0 Å². The third-order valence-electron chi connectivity index (χ3n) is 8.81. The summed E-state index contributed by atoms with van der Waals surface area (Å²) < 4.78 is 10.3. The van der Waals surface area contributed by atoms with Crippen LogP contribution in [0.3, 0.4) is 0 Å². The lowest BCUT2D eigenvalue weighted by molar-refractivity contribution is -0.147. The summed E-state index contributed by atoms with van der Waals surface area (Å²) in [4.78, 5) is 55.8. The highest BCUT2D eigenvalue weighted by Crippen LogP contribution is 2.40. The van der Waals surface area contributed by atoms with Gasteiger partial charge in [-0.2, -0.15) is 0 Å². The number of amides is 4. The highest BCUT2D eigenvalue weighted by Gasteiger charge is 2.49. The second-order valence-electron chi connectivity index (χ2n) is 12.7. The third-order valence-corrected chi connectivity index (χ3v) is 10.2. The van der Waals surface area contributed by atoms with E-state index in [4.69, 9.17) is 9.15 Å². The lowest BCUT2D eigenvalue weighted by atomic mass is 9.97. The fourth-order valence-electron chi connectivity index (χ4n) is 6.00. The summed E-state index contributed by atoms with van der Waals surface area (Å²) in [6.45, 7) is 7.54. The van der Waals surface area contributed by atoms with E-state index in [1.807, 2.05) is 75.4 Å². The maximum atomic E-state index is 14.0. The molecular formula is C37H42N4O7S. The van der Waals surface area contributed by atoms with Crippen LogP contribution < -0.4 is 20.7 Å². The van der Waals surface area contributed by atoms with Crippen LogP contribution in [-0.2, 0) is 27.3 Å². The molecule has 2 heterocycles. The molecule has 0 spiro atoms. The number of carbonyl (C=O) groups excluding carboxylic acids is 4. The number of fused-ring (bicyclic) bond motifs is 1. The number of aryl methyl sites for hydroxylation is 1. The van der Waals surface area contributed by atoms with E-state index in [9.17, 15) is 24.3 Å². The van der Waals surface area contributed by atoms with Gasteiger partial charge in [-0.15, -0.1) is 11.8 Å². The average molecular weight is 687 g/mol. The number of thioether (sulfide) groups is 1. The van der Waals surface area contributed by atoms with Crippen LogP contribution in [0.15, 0.2) is 83.5 Å². The van der Waals surface area contributed by atoms with Crippen molar-refractivity contribution in [1.82, 2.24) is 20.9 Å². The van der Waals surface area contributed by atoms with Gasteiger partial charge in [-0.3, -0.25) is 19.2 Å². The van der Waals surface area contributed by atoms with E-state index in [0.29, 0.717) is 23.1 Å². The summed E-state index contributed by atoms with van der Waals surface area (Å²) in [5.74, 6) is -1.64. The van der Waals surface area contributed by atoms with E-state index in [-0.39, 0.29) is 24.0 Å². The molecule has 0 saturated carbocycles. The normalized spacial score (nSPS) is 17.2. The Labute approximate surface area is 289 Å². The van der Waals surface area contributed by atoms with Crippen molar-refractivity contribution in [3.05, 3.63) is 102 Å². The van der Waals surface area contributed by atoms with Crippen LogP contribution in [0.2, 0.25) is 0 Å². The molecule has 1 aliphatic rings. The van der Waals surface area contributed by atoms with Gasteiger partial charge in [-0.25, -0.2) is 0 Å². The number of hydrogen-bond acceptors (Lipinski definition) is 8. The molecule has 11 nitrogen and oxygen atoms in total. The van der Waals surface area contributed by atoms with E-state index < -0.39 is 46.7 Å². The minimum absolute atomic E-state index is 0.0101. The molecule has 4 aromatic rings. The molecule has 1 fully saturated rings. The van der Waals surface area contributed by atoms with Gasteiger partial charge < -0.3 is 35.1 Å². The van der Waals surface area contributed by atoms with Crippen LogP contribution in [0.5, 0.6) is 5.75 Å². The summed E-state index contributed by atoms with van der Waals surface area (Å²) >= 11 is 1.44. The standard InChI is InChI=1S/C37H42N4O7S/c1-22-12-9-10-15-25(22)19-38-35(45)32-37(3,4)49-21-41(32)36(46)30(42)27(18-24-13-7-6-8-14-24)40-33(43)23(2)39-34(44)31-29-26(20-48-31)16-11-17-28(29)47-5/h6-17,20,23,27,30,32,42H,18-19,21H2,1-5H3,(H,38,45)(H,39,44)(H,40,43)/t23?,27-,30-,32?/m0/s1. The quantitative estimate of drug-likeness (QED) is 0.175. The first-order valence-electron chi connectivity index (χ1n) is 16.1. The van der Waals surface area contributed by atoms with Crippen molar-refractivity contribution < 1.29 is 33.4 Å². The molecule has 3 aromatic carbocycles. The molecule has 0 radical (unpaired) electrons. The summed E-state index contributed by atoms with van der Waals surface area (Å²) in [6, 6.07) is 19.1. The van der Waals surface area contributed by atoms with Crippen molar-refractivity contribution in [2.75, 3.05) is 13.0 Å². The molecule has 1 aromatic heterocycles. The Morgan fingerprint density at radius 2 is 1.73 bits per heavy atom. The van der Waals surface area contributed by atoms with Crippen LogP contribution in [0, 0.1) is 6.92 Å². The summed E-state index contributed by atoms with van der Waals surface area (Å²) in [5.41, 5.74) is 2.77. The zero-order valence-corrected chi connectivity index (χ0v) is 29.0. The number of methoxy groups -OCH3 is 1. The molecule has 5 rings (SSSR count). The van der Waals surface area contributed by atoms with Crippen molar-refractivity contribution >= 4 is 46.2 Å². The summed E-state index contributed by atoms with van der Waals surface area (Å²) in [6.07, 6.45) is -0.135. The lowest BCUT2D eigenvalue weighted by Crippen LogP contribution is -2.59. The Bertz CT molecular complexity index is 1830. The molecule has 4 amide bonds. The van der Waals surface area contributed by atoms with Gasteiger partial charge in [-0.1, -0.05) is 66.7 Å². The Morgan fingerprint density at radius 3 is 2.45 bits per heavy atom. The highest BCUT2D eigenvalue weighted by atomic mass is 32.2. The van der Waals surface area contributed by atoms with Crippen molar-refractivity contribution in [2.24, 2.45) is 0 Å². The van der Waals surface area contributed by atoms with Crippen LogP contribution in [0.1, 0.15) is 48.0 Å². The molecule has 4 atom stereocenters. The molecule has 0 bridgehead atoms. The van der Waals surface area contributed by atoms with E-state index in [0.717, 1.165) is 16.7 Å². The molecule has 0 aliphatic carbocycles. The Morgan fingerprint density at radius 1 is 1.02 bits per heavy atom. The molecule has 1 saturated heterocycles. The minimum atomic E-state index is -1.69. The molecule has 49 heavy (non-hydrogen) atoms. The number of nitrogens with one attached hydrogen (secondary N) is 3. The number of aliphatic hydroxyl groups is 1. The second-order valence-corrected chi connectivity index (χ2v) is 14.3. The minimum Gasteiger partial charge on any atom is -0.496 e. The van der Waals surface area contributed by atoms with Crippen molar-refractivity contribution in [3.63, 3.8) is 0 Å². The topological polar surface area (TPSA) is 150 Å². The van der Waals surface area contributed by atoms with Crippen molar-refractivity contribution in [1.29, 1.82) is 0 Å². The van der Waals surface area contributed by atoms with Crippen molar-refractivity contribution in [3.8, 4) is 5.75 Å². The van der Waals surface area contributed by atoms with Gasteiger partial charge in [0.2, 0.25) is 17.6 Å².